The molecule has 0 unspecified atom stereocenters. The van der Waals surface area contributed by atoms with Crippen molar-refractivity contribution in [3.8, 4) is 11.3 Å². The van der Waals surface area contributed by atoms with E-state index in [2.05, 4.69) is 15.7 Å². The molecule has 1 aromatic carbocycles. The highest BCUT2D eigenvalue weighted by Gasteiger charge is 2.52. The number of anilines is 1. The number of amides is 4. The molecule has 2 aliphatic rings. The number of hydrogen-bond donors (Lipinski definition) is 2. The van der Waals surface area contributed by atoms with E-state index in [4.69, 9.17) is 0 Å². The minimum Gasteiger partial charge on any atom is -0.323 e. The molecule has 2 fully saturated rings. The summed E-state index contributed by atoms with van der Waals surface area (Å²) in [6.07, 6.45) is 3.26. The third-order valence-electron chi connectivity index (χ3n) is 5.83. The van der Waals surface area contributed by atoms with Crippen molar-refractivity contribution in [2.45, 2.75) is 57.5 Å². The van der Waals surface area contributed by atoms with Crippen molar-refractivity contribution in [1.29, 1.82) is 0 Å². The standard InChI is InChI=1S/C22H27N5O3/c1-15(2)27-18(14-17(25-27)16-8-4-3-5-9-16)23-19(28)10-13-26-20(29)22(24-21(26)30)11-6-7-12-22/h3-5,8-9,14-15H,6-7,10-13H2,1-2H3,(H,23,28)(H,24,30). The number of carbonyl (C=O) groups is 3. The van der Waals surface area contributed by atoms with Gasteiger partial charge in [-0.05, 0) is 26.7 Å². The maximum absolute atomic E-state index is 12.7. The normalized spacial score (nSPS) is 17.8. The molecular weight excluding hydrogens is 382 g/mol. The number of nitrogens with zero attached hydrogens (tertiary/aromatic N) is 3. The molecule has 1 saturated heterocycles. The van der Waals surface area contributed by atoms with Crippen LogP contribution in [0.5, 0.6) is 0 Å². The highest BCUT2D eigenvalue weighted by atomic mass is 16.2. The van der Waals surface area contributed by atoms with Crippen molar-refractivity contribution >= 4 is 23.7 Å². The Morgan fingerprint density at radius 2 is 1.90 bits per heavy atom. The maximum atomic E-state index is 12.7. The lowest BCUT2D eigenvalue weighted by molar-refractivity contribution is -0.131. The van der Waals surface area contributed by atoms with E-state index >= 15 is 0 Å². The van der Waals surface area contributed by atoms with Crippen molar-refractivity contribution in [2.24, 2.45) is 0 Å². The first kappa shape index (κ1) is 20.1. The second-order valence-corrected chi connectivity index (χ2v) is 8.29. The van der Waals surface area contributed by atoms with Gasteiger partial charge in [0.15, 0.2) is 0 Å². The summed E-state index contributed by atoms with van der Waals surface area (Å²) in [5.41, 5.74) is 1.000. The molecular formula is C22H27N5O3. The Kier molecular flexibility index (Phi) is 5.32. The summed E-state index contributed by atoms with van der Waals surface area (Å²) in [7, 11) is 0. The van der Waals surface area contributed by atoms with Gasteiger partial charge in [0, 0.05) is 30.6 Å². The number of rotatable bonds is 6. The Balaban J connectivity index is 1.42. The maximum Gasteiger partial charge on any atom is 0.325 e. The van der Waals surface area contributed by atoms with E-state index < -0.39 is 11.6 Å². The van der Waals surface area contributed by atoms with E-state index in [9.17, 15) is 14.4 Å². The van der Waals surface area contributed by atoms with E-state index in [1.165, 1.54) is 4.90 Å². The van der Waals surface area contributed by atoms with Crippen LogP contribution in [-0.4, -0.2) is 44.6 Å². The lowest BCUT2D eigenvalue weighted by Crippen LogP contribution is -2.44. The quantitative estimate of drug-likeness (QED) is 0.716. The van der Waals surface area contributed by atoms with E-state index in [1.54, 1.807) is 4.68 Å². The number of urea groups is 1. The van der Waals surface area contributed by atoms with Crippen LogP contribution in [0.1, 0.15) is 52.0 Å². The highest BCUT2D eigenvalue weighted by molar-refractivity contribution is 6.07. The molecule has 1 aliphatic heterocycles. The summed E-state index contributed by atoms with van der Waals surface area (Å²) in [5.74, 6) is 0.138. The molecule has 0 bridgehead atoms. The first-order chi connectivity index (χ1) is 14.4. The van der Waals surface area contributed by atoms with Gasteiger partial charge in [-0.15, -0.1) is 0 Å². The lowest BCUT2D eigenvalue weighted by atomic mass is 9.98. The van der Waals surface area contributed by atoms with E-state index in [1.807, 2.05) is 50.2 Å². The minimum atomic E-state index is -0.742. The van der Waals surface area contributed by atoms with Crippen LogP contribution in [0, 0.1) is 0 Å². The third-order valence-corrected chi connectivity index (χ3v) is 5.83. The Labute approximate surface area is 175 Å². The highest BCUT2D eigenvalue weighted by Crippen LogP contribution is 2.35. The largest absolute Gasteiger partial charge is 0.325 e. The van der Waals surface area contributed by atoms with Crippen molar-refractivity contribution < 1.29 is 14.4 Å². The van der Waals surface area contributed by atoms with Gasteiger partial charge in [-0.1, -0.05) is 43.2 Å². The van der Waals surface area contributed by atoms with Gasteiger partial charge in [0.05, 0.1) is 5.69 Å². The van der Waals surface area contributed by atoms with Gasteiger partial charge in [0.2, 0.25) is 5.91 Å². The Morgan fingerprint density at radius 1 is 1.20 bits per heavy atom. The van der Waals surface area contributed by atoms with Gasteiger partial charge < -0.3 is 10.6 Å². The zero-order chi connectivity index (χ0) is 21.3. The summed E-state index contributed by atoms with van der Waals surface area (Å²) < 4.78 is 1.77. The van der Waals surface area contributed by atoms with Crippen LogP contribution in [0.3, 0.4) is 0 Å². The van der Waals surface area contributed by atoms with Crippen LogP contribution in [0.2, 0.25) is 0 Å². The molecule has 8 heteroatoms. The molecule has 1 aliphatic carbocycles. The SMILES string of the molecule is CC(C)n1nc(-c2ccccc2)cc1NC(=O)CCN1C(=O)NC2(CCCC2)C1=O. The van der Waals surface area contributed by atoms with Gasteiger partial charge in [0.1, 0.15) is 11.4 Å². The van der Waals surface area contributed by atoms with Gasteiger partial charge in [-0.3, -0.25) is 14.5 Å². The van der Waals surface area contributed by atoms with Crippen LogP contribution < -0.4 is 10.6 Å². The zero-order valence-corrected chi connectivity index (χ0v) is 17.4. The minimum absolute atomic E-state index is 0.0409. The molecule has 30 heavy (non-hydrogen) atoms. The smallest absolute Gasteiger partial charge is 0.323 e. The molecule has 4 amide bonds. The van der Waals surface area contributed by atoms with Crippen LogP contribution in [0.4, 0.5) is 10.6 Å². The van der Waals surface area contributed by atoms with Crippen molar-refractivity contribution in [3.63, 3.8) is 0 Å². The van der Waals surface area contributed by atoms with Gasteiger partial charge >= 0.3 is 6.03 Å². The van der Waals surface area contributed by atoms with Gasteiger partial charge in [0.25, 0.3) is 5.91 Å². The first-order valence-corrected chi connectivity index (χ1v) is 10.5. The van der Waals surface area contributed by atoms with Crippen LogP contribution in [0.25, 0.3) is 11.3 Å². The average Bonchev–Trinajstić information content (AvgIpc) is 3.41. The zero-order valence-electron chi connectivity index (χ0n) is 17.4. The summed E-state index contributed by atoms with van der Waals surface area (Å²) in [6, 6.07) is 11.3. The van der Waals surface area contributed by atoms with Crippen LogP contribution in [0.15, 0.2) is 36.4 Å². The van der Waals surface area contributed by atoms with Crippen LogP contribution in [-0.2, 0) is 9.59 Å². The number of hydrogen-bond acceptors (Lipinski definition) is 4. The molecule has 1 spiro atoms. The molecule has 1 saturated carbocycles. The summed E-state index contributed by atoms with van der Waals surface area (Å²) >= 11 is 0. The van der Waals surface area contributed by atoms with Gasteiger partial charge in [-0.25, -0.2) is 9.48 Å². The Bertz CT molecular complexity index is 960. The van der Waals surface area contributed by atoms with Crippen molar-refractivity contribution in [2.75, 3.05) is 11.9 Å². The van der Waals surface area contributed by atoms with Crippen LogP contribution >= 0.6 is 0 Å². The topological polar surface area (TPSA) is 96.3 Å². The molecule has 2 heterocycles. The van der Waals surface area contributed by atoms with Gasteiger partial charge in [-0.2, -0.15) is 5.10 Å². The predicted octanol–water partition coefficient (Wildman–Crippen LogP) is 3.32. The average molecular weight is 409 g/mol. The fourth-order valence-electron chi connectivity index (χ4n) is 4.25. The second-order valence-electron chi connectivity index (χ2n) is 8.29. The van der Waals surface area contributed by atoms with E-state index in [-0.39, 0.29) is 30.8 Å². The molecule has 8 nitrogen and oxygen atoms in total. The number of imide groups is 1. The molecule has 0 radical (unpaired) electrons. The first-order valence-electron chi connectivity index (χ1n) is 10.5. The molecule has 158 valence electrons. The lowest BCUT2D eigenvalue weighted by Gasteiger charge is -2.20. The second kappa shape index (κ2) is 7.93. The predicted molar refractivity (Wildman–Crippen MR) is 113 cm³/mol. The summed E-state index contributed by atoms with van der Waals surface area (Å²) in [6.45, 7) is 4.05. The van der Waals surface area contributed by atoms with Crippen molar-refractivity contribution in [3.05, 3.63) is 36.4 Å². The number of carbonyl (C=O) groups excluding carboxylic acids is 3. The fraction of sp³-hybridized carbons (Fsp3) is 0.455. The number of nitrogens with one attached hydrogen (secondary N) is 2. The Hall–Kier alpha value is -3.16. The monoisotopic (exact) mass is 409 g/mol. The van der Waals surface area contributed by atoms with E-state index in [0.29, 0.717) is 18.7 Å². The Morgan fingerprint density at radius 3 is 2.57 bits per heavy atom. The fourth-order valence-corrected chi connectivity index (χ4v) is 4.25. The molecule has 0 atom stereocenters. The molecule has 2 N–H and O–H groups in total. The summed E-state index contributed by atoms with van der Waals surface area (Å²) in [5, 5.41) is 10.3. The summed E-state index contributed by atoms with van der Waals surface area (Å²) in [4.78, 5) is 38.8. The van der Waals surface area contributed by atoms with Crippen molar-refractivity contribution in [1.82, 2.24) is 20.0 Å². The third kappa shape index (κ3) is 3.69. The van der Waals surface area contributed by atoms with E-state index in [0.717, 1.165) is 24.1 Å². The molecule has 4 rings (SSSR count). The number of benzene rings is 1. The number of aromatic nitrogens is 2. The molecule has 1 aromatic heterocycles. The molecule has 2 aromatic rings.